The number of carbonyl (C=O) groups is 1. The standard InChI is InChI=1S/C17H15ClN2O2/c1-12-10-15(6-7-16(12)18)22-14-4-2-13(3-5-14)11-20-17(21)8-9-19/h2-7,10H,8,11H2,1H3,(H,20,21). The number of hydrogen-bond donors (Lipinski definition) is 1. The third kappa shape index (κ3) is 4.51. The van der Waals surface area contributed by atoms with E-state index in [1.54, 1.807) is 6.07 Å². The molecule has 0 radical (unpaired) electrons. The van der Waals surface area contributed by atoms with Crippen LogP contribution in [0.15, 0.2) is 42.5 Å². The van der Waals surface area contributed by atoms with Crippen molar-refractivity contribution in [2.45, 2.75) is 19.9 Å². The number of halogens is 1. The molecule has 0 fully saturated rings. The molecule has 4 nitrogen and oxygen atoms in total. The summed E-state index contributed by atoms with van der Waals surface area (Å²) >= 11 is 5.98. The Morgan fingerprint density at radius 3 is 2.55 bits per heavy atom. The SMILES string of the molecule is Cc1cc(Oc2ccc(CNC(=O)CC#N)cc2)ccc1Cl. The van der Waals surface area contributed by atoms with E-state index in [1.807, 2.05) is 49.4 Å². The quantitative estimate of drug-likeness (QED) is 0.908. The summed E-state index contributed by atoms with van der Waals surface area (Å²) in [4.78, 5) is 11.2. The Hall–Kier alpha value is -2.51. The molecular weight excluding hydrogens is 300 g/mol. The highest BCUT2D eigenvalue weighted by molar-refractivity contribution is 6.31. The molecule has 5 heteroatoms. The number of nitriles is 1. The molecule has 0 aliphatic rings. The first kappa shape index (κ1) is 15.9. The summed E-state index contributed by atoms with van der Waals surface area (Å²) in [5, 5.41) is 11.8. The number of carbonyl (C=O) groups excluding carboxylic acids is 1. The summed E-state index contributed by atoms with van der Waals surface area (Å²) in [6.07, 6.45) is -0.128. The monoisotopic (exact) mass is 314 g/mol. The molecular formula is C17H15ClN2O2. The zero-order valence-corrected chi connectivity index (χ0v) is 12.9. The second kappa shape index (κ2) is 7.48. The van der Waals surface area contributed by atoms with Gasteiger partial charge in [0.05, 0.1) is 6.07 Å². The average molecular weight is 315 g/mol. The second-order valence-corrected chi connectivity index (χ2v) is 5.18. The number of hydrogen-bond acceptors (Lipinski definition) is 3. The fourth-order valence-corrected chi connectivity index (χ4v) is 1.94. The Labute approximate surface area is 134 Å². The Morgan fingerprint density at radius 1 is 1.23 bits per heavy atom. The van der Waals surface area contributed by atoms with Crippen LogP contribution in [0.25, 0.3) is 0 Å². The van der Waals surface area contributed by atoms with Crippen molar-refractivity contribution in [3.8, 4) is 17.6 Å². The lowest BCUT2D eigenvalue weighted by atomic mass is 10.2. The molecule has 112 valence electrons. The molecule has 0 heterocycles. The van der Waals surface area contributed by atoms with Gasteiger partial charge in [0.1, 0.15) is 17.9 Å². The van der Waals surface area contributed by atoms with E-state index in [4.69, 9.17) is 21.6 Å². The molecule has 0 atom stereocenters. The van der Waals surface area contributed by atoms with Crippen LogP contribution >= 0.6 is 11.6 Å². The minimum atomic E-state index is -0.278. The fraction of sp³-hybridized carbons (Fsp3) is 0.176. The van der Waals surface area contributed by atoms with Crippen LogP contribution < -0.4 is 10.1 Å². The van der Waals surface area contributed by atoms with Crippen LogP contribution in [-0.2, 0) is 11.3 Å². The number of nitrogens with zero attached hydrogens (tertiary/aromatic N) is 1. The van der Waals surface area contributed by atoms with E-state index in [9.17, 15) is 4.79 Å². The van der Waals surface area contributed by atoms with Gasteiger partial charge in [0, 0.05) is 11.6 Å². The number of amides is 1. The summed E-state index contributed by atoms with van der Waals surface area (Å²) in [5.74, 6) is 1.14. The smallest absolute Gasteiger partial charge is 0.234 e. The number of ether oxygens (including phenoxy) is 1. The molecule has 0 aliphatic heterocycles. The first-order valence-corrected chi connectivity index (χ1v) is 7.13. The van der Waals surface area contributed by atoms with Gasteiger partial charge in [-0.2, -0.15) is 5.26 Å². The molecule has 0 bridgehead atoms. The molecule has 2 aromatic rings. The number of benzene rings is 2. The summed E-state index contributed by atoms with van der Waals surface area (Å²) < 4.78 is 5.74. The van der Waals surface area contributed by atoms with E-state index < -0.39 is 0 Å². The minimum absolute atomic E-state index is 0.128. The predicted octanol–water partition coefficient (Wildman–Crippen LogP) is 3.97. The normalized spacial score (nSPS) is 9.86. The van der Waals surface area contributed by atoms with E-state index >= 15 is 0 Å². The maximum Gasteiger partial charge on any atom is 0.234 e. The molecule has 1 amide bonds. The van der Waals surface area contributed by atoms with Gasteiger partial charge in [-0.1, -0.05) is 23.7 Å². The van der Waals surface area contributed by atoms with Gasteiger partial charge in [-0.25, -0.2) is 0 Å². The van der Waals surface area contributed by atoms with Gasteiger partial charge >= 0.3 is 0 Å². The maximum absolute atomic E-state index is 11.2. The van der Waals surface area contributed by atoms with Crippen LogP contribution in [0, 0.1) is 18.3 Å². The summed E-state index contributed by atoms with van der Waals surface area (Å²) in [6, 6.07) is 14.7. The second-order valence-electron chi connectivity index (χ2n) is 4.77. The fourth-order valence-electron chi connectivity index (χ4n) is 1.83. The topological polar surface area (TPSA) is 62.1 Å². The molecule has 2 rings (SSSR count). The van der Waals surface area contributed by atoms with Gasteiger partial charge in [-0.05, 0) is 48.4 Å². The van der Waals surface area contributed by atoms with Crippen LogP contribution in [0.1, 0.15) is 17.5 Å². The van der Waals surface area contributed by atoms with Crippen molar-refractivity contribution < 1.29 is 9.53 Å². The number of rotatable bonds is 5. The van der Waals surface area contributed by atoms with Crippen molar-refractivity contribution in [3.63, 3.8) is 0 Å². The van der Waals surface area contributed by atoms with E-state index in [-0.39, 0.29) is 12.3 Å². The lowest BCUT2D eigenvalue weighted by Gasteiger charge is -2.08. The third-order valence-corrected chi connectivity index (χ3v) is 3.44. The lowest BCUT2D eigenvalue weighted by molar-refractivity contribution is -0.120. The number of nitrogens with one attached hydrogen (secondary N) is 1. The largest absolute Gasteiger partial charge is 0.457 e. The molecule has 0 aliphatic carbocycles. The average Bonchev–Trinajstić information content (AvgIpc) is 2.51. The Balaban J connectivity index is 1.95. The van der Waals surface area contributed by atoms with Crippen molar-refractivity contribution in [1.29, 1.82) is 5.26 Å². The van der Waals surface area contributed by atoms with Gasteiger partial charge < -0.3 is 10.1 Å². The molecule has 1 N–H and O–H groups in total. The molecule has 0 saturated heterocycles. The van der Waals surface area contributed by atoms with E-state index in [0.29, 0.717) is 17.3 Å². The number of aryl methyl sites for hydroxylation is 1. The molecule has 0 spiro atoms. The first-order chi connectivity index (χ1) is 10.6. The Kier molecular flexibility index (Phi) is 5.40. The van der Waals surface area contributed by atoms with Gasteiger partial charge in [0.15, 0.2) is 0 Å². The van der Waals surface area contributed by atoms with Crippen LogP contribution in [0.5, 0.6) is 11.5 Å². The van der Waals surface area contributed by atoms with Crippen molar-refractivity contribution >= 4 is 17.5 Å². The van der Waals surface area contributed by atoms with Crippen molar-refractivity contribution in [2.75, 3.05) is 0 Å². The molecule has 22 heavy (non-hydrogen) atoms. The third-order valence-electron chi connectivity index (χ3n) is 3.02. The van der Waals surface area contributed by atoms with Gasteiger partial charge in [-0.15, -0.1) is 0 Å². The van der Waals surface area contributed by atoms with E-state index in [0.717, 1.165) is 16.9 Å². The van der Waals surface area contributed by atoms with Crippen molar-refractivity contribution in [1.82, 2.24) is 5.32 Å². The van der Waals surface area contributed by atoms with Crippen LogP contribution in [0.2, 0.25) is 5.02 Å². The lowest BCUT2D eigenvalue weighted by Crippen LogP contribution is -2.21. The first-order valence-electron chi connectivity index (χ1n) is 6.75. The van der Waals surface area contributed by atoms with Gasteiger partial charge in [0.2, 0.25) is 5.91 Å². The molecule has 0 unspecified atom stereocenters. The summed E-state index contributed by atoms with van der Waals surface area (Å²) in [6.45, 7) is 2.31. The van der Waals surface area contributed by atoms with Crippen LogP contribution in [0.4, 0.5) is 0 Å². The molecule has 0 saturated carbocycles. The highest BCUT2D eigenvalue weighted by Gasteiger charge is 2.02. The zero-order chi connectivity index (χ0) is 15.9. The highest BCUT2D eigenvalue weighted by atomic mass is 35.5. The van der Waals surface area contributed by atoms with E-state index in [1.165, 1.54) is 0 Å². The zero-order valence-electron chi connectivity index (χ0n) is 12.1. The Bertz CT molecular complexity index is 706. The summed E-state index contributed by atoms with van der Waals surface area (Å²) in [7, 11) is 0. The maximum atomic E-state index is 11.2. The van der Waals surface area contributed by atoms with Crippen LogP contribution in [0.3, 0.4) is 0 Å². The van der Waals surface area contributed by atoms with Crippen LogP contribution in [-0.4, -0.2) is 5.91 Å². The summed E-state index contributed by atoms with van der Waals surface area (Å²) in [5.41, 5.74) is 1.89. The van der Waals surface area contributed by atoms with Gasteiger partial charge in [-0.3, -0.25) is 4.79 Å². The van der Waals surface area contributed by atoms with Crippen molar-refractivity contribution in [2.24, 2.45) is 0 Å². The molecule has 0 aromatic heterocycles. The highest BCUT2D eigenvalue weighted by Crippen LogP contribution is 2.26. The molecule has 2 aromatic carbocycles. The Morgan fingerprint density at radius 2 is 1.91 bits per heavy atom. The predicted molar refractivity (Wildman–Crippen MR) is 84.8 cm³/mol. The van der Waals surface area contributed by atoms with Gasteiger partial charge in [0.25, 0.3) is 0 Å². The minimum Gasteiger partial charge on any atom is -0.457 e. The van der Waals surface area contributed by atoms with E-state index in [2.05, 4.69) is 5.32 Å². The van der Waals surface area contributed by atoms with Crippen molar-refractivity contribution in [3.05, 3.63) is 58.6 Å².